The van der Waals surface area contributed by atoms with Gasteiger partial charge in [0.1, 0.15) is 11.6 Å². The van der Waals surface area contributed by atoms with Crippen LogP contribution < -0.4 is 10.3 Å². The highest BCUT2D eigenvalue weighted by atomic mass is 35.5. The van der Waals surface area contributed by atoms with Crippen molar-refractivity contribution in [3.05, 3.63) is 80.9 Å². The second-order valence-corrected chi connectivity index (χ2v) is 8.76. The van der Waals surface area contributed by atoms with Gasteiger partial charge in [-0.3, -0.25) is 9.59 Å². The number of H-pyrrole nitrogens is 1. The molecule has 174 valence electrons. The number of methoxy groups -OCH3 is 1. The average Bonchev–Trinajstić information content (AvgIpc) is 3.27. The van der Waals surface area contributed by atoms with Crippen molar-refractivity contribution < 1.29 is 9.53 Å². The number of rotatable bonds is 5. The minimum absolute atomic E-state index is 0.0524. The van der Waals surface area contributed by atoms with Gasteiger partial charge >= 0.3 is 0 Å². The lowest BCUT2D eigenvalue weighted by Crippen LogP contribution is -2.40. The van der Waals surface area contributed by atoms with Crippen LogP contribution in [0.2, 0.25) is 5.02 Å². The van der Waals surface area contributed by atoms with E-state index in [0.29, 0.717) is 47.4 Å². The molecular formula is C24H23ClN6O3. The smallest absolute Gasteiger partial charge is 0.281 e. The average molecular weight is 479 g/mol. The van der Waals surface area contributed by atoms with Crippen molar-refractivity contribution in [3.63, 3.8) is 0 Å². The number of hydrogen-bond donors (Lipinski definition) is 1. The van der Waals surface area contributed by atoms with Crippen molar-refractivity contribution in [2.75, 3.05) is 20.2 Å². The maximum atomic E-state index is 13.1. The molecule has 9 nitrogen and oxygen atoms in total. The summed E-state index contributed by atoms with van der Waals surface area (Å²) in [6, 6.07) is 14.5. The first-order valence-corrected chi connectivity index (χ1v) is 11.4. The molecule has 5 rings (SSSR count). The van der Waals surface area contributed by atoms with E-state index in [1.807, 2.05) is 23.1 Å². The minimum atomic E-state index is -0.337. The first-order chi connectivity index (χ1) is 16.5. The number of piperidine rings is 1. The number of hydrogen-bond acceptors (Lipinski definition) is 6. The summed E-state index contributed by atoms with van der Waals surface area (Å²) in [5, 5.41) is 8.77. The first-order valence-electron chi connectivity index (χ1n) is 11.0. The Bertz CT molecular complexity index is 1400. The Morgan fingerprint density at radius 1 is 1.24 bits per heavy atom. The second-order valence-electron chi connectivity index (χ2n) is 8.32. The summed E-state index contributed by atoms with van der Waals surface area (Å²) in [6.45, 7) is 1.51. The van der Waals surface area contributed by atoms with E-state index in [4.69, 9.17) is 21.3 Å². The molecule has 1 saturated heterocycles. The maximum absolute atomic E-state index is 13.1. The molecule has 34 heavy (non-hydrogen) atoms. The molecule has 2 aromatic heterocycles. The largest absolute Gasteiger partial charge is 0.497 e. The SMILES string of the molecule is COc1ccc(C(=O)N2CCC[C@H](c3nc4c(nnn4Cc4cccc(Cl)c4)c(=O)[nH]3)C2)cc1. The third kappa shape index (κ3) is 4.38. The number of benzene rings is 2. The Labute approximate surface area is 200 Å². The number of ether oxygens (including phenoxy) is 1. The number of carbonyl (C=O) groups is 1. The number of aromatic nitrogens is 5. The molecule has 1 aliphatic heterocycles. The number of halogens is 1. The van der Waals surface area contributed by atoms with Crippen LogP contribution in [0.25, 0.3) is 11.2 Å². The molecular weight excluding hydrogens is 456 g/mol. The molecule has 0 unspecified atom stereocenters. The van der Waals surface area contributed by atoms with Gasteiger partial charge in [0.25, 0.3) is 11.5 Å². The van der Waals surface area contributed by atoms with Gasteiger partial charge in [-0.15, -0.1) is 5.10 Å². The molecule has 2 aromatic carbocycles. The molecule has 0 radical (unpaired) electrons. The van der Waals surface area contributed by atoms with Gasteiger partial charge in [0.05, 0.1) is 13.7 Å². The van der Waals surface area contributed by atoms with Crippen molar-refractivity contribution in [3.8, 4) is 5.75 Å². The second kappa shape index (κ2) is 9.26. The van der Waals surface area contributed by atoms with Crippen molar-refractivity contribution in [2.45, 2.75) is 25.3 Å². The Kier molecular flexibility index (Phi) is 6.02. The van der Waals surface area contributed by atoms with E-state index >= 15 is 0 Å². The molecule has 1 atom stereocenters. The number of likely N-dealkylation sites (tertiary alicyclic amines) is 1. The summed E-state index contributed by atoms with van der Waals surface area (Å²) in [6.07, 6.45) is 1.63. The van der Waals surface area contributed by atoms with Crippen molar-refractivity contribution >= 4 is 28.7 Å². The highest BCUT2D eigenvalue weighted by Gasteiger charge is 2.28. The van der Waals surface area contributed by atoms with E-state index in [1.54, 1.807) is 42.1 Å². The van der Waals surface area contributed by atoms with Crippen molar-refractivity contribution in [1.29, 1.82) is 0 Å². The van der Waals surface area contributed by atoms with E-state index in [2.05, 4.69) is 15.3 Å². The number of aromatic amines is 1. The highest BCUT2D eigenvalue weighted by Crippen LogP contribution is 2.26. The van der Waals surface area contributed by atoms with Gasteiger partial charge in [0, 0.05) is 29.6 Å². The Morgan fingerprint density at radius 2 is 2.06 bits per heavy atom. The van der Waals surface area contributed by atoms with E-state index in [1.165, 1.54) is 0 Å². The quantitative estimate of drug-likeness (QED) is 0.472. The number of nitrogens with zero attached hydrogens (tertiary/aromatic N) is 5. The molecule has 0 aliphatic carbocycles. The van der Waals surface area contributed by atoms with Crippen LogP contribution in [0.3, 0.4) is 0 Å². The minimum Gasteiger partial charge on any atom is -0.497 e. The van der Waals surface area contributed by atoms with Crippen LogP contribution in [0, 0.1) is 0 Å². The fourth-order valence-electron chi connectivity index (χ4n) is 4.29. The monoisotopic (exact) mass is 478 g/mol. The summed E-state index contributed by atoms with van der Waals surface area (Å²) in [5.74, 6) is 1.09. The molecule has 1 N–H and O–H groups in total. The van der Waals surface area contributed by atoms with Crippen LogP contribution in [0.5, 0.6) is 5.75 Å². The van der Waals surface area contributed by atoms with Crippen LogP contribution in [0.15, 0.2) is 53.3 Å². The van der Waals surface area contributed by atoms with E-state index in [0.717, 1.165) is 18.4 Å². The third-order valence-corrected chi connectivity index (χ3v) is 6.28. The first kappa shape index (κ1) is 22.1. The summed E-state index contributed by atoms with van der Waals surface area (Å²) in [7, 11) is 1.59. The molecule has 1 amide bonds. The zero-order chi connectivity index (χ0) is 23.7. The van der Waals surface area contributed by atoms with E-state index in [-0.39, 0.29) is 22.9 Å². The molecule has 1 aliphatic rings. The van der Waals surface area contributed by atoms with Crippen molar-refractivity contribution in [1.82, 2.24) is 29.9 Å². The van der Waals surface area contributed by atoms with E-state index < -0.39 is 0 Å². The van der Waals surface area contributed by atoms with Gasteiger partial charge in [-0.25, -0.2) is 9.67 Å². The van der Waals surface area contributed by atoms with Crippen LogP contribution in [0.1, 0.15) is 40.5 Å². The normalized spacial score (nSPS) is 16.1. The van der Waals surface area contributed by atoms with Gasteiger partial charge in [0.15, 0.2) is 11.2 Å². The number of fused-ring (bicyclic) bond motifs is 1. The predicted molar refractivity (Wildman–Crippen MR) is 127 cm³/mol. The topological polar surface area (TPSA) is 106 Å². The summed E-state index contributed by atoms with van der Waals surface area (Å²) >= 11 is 6.10. The summed E-state index contributed by atoms with van der Waals surface area (Å²) < 4.78 is 6.78. The van der Waals surface area contributed by atoms with Crippen molar-refractivity contribution in [2.24, 2.45) is 0 Å². The Hall–Kier alpha value is -3.72. The maximum Gasteiger partial charge on any atom is 0.281 e. The lowest BCUT2D eigenvalue weighted by molar-refractivity contribution is 0.0704. The molecule has 0 spiro atoms. The Balaban J connectivity index is 1.40. The van der Waals surface area contributed by atoms with Gasteiger partial charge in [0.2, 0.25) is 0 Å². The molecule has 10 heteroatoms. The zero-order valence-electron chi connectivity index (χ0n) is 18.6. The van der Waals surface area contributed by atoms with Crippen LogP contribution >= 0.6 is 11.6 Å². The summed E-state index contributed by atoms with van der Waals surface area (Å²) in [5.41, 5.74) is 1.79. The number of nitrogens with one attached hydrogen (secondary N) is 1. The summed E-state index contributed by atoms with van der Waals surface area (Å²) in [4.78, 5) is 35.2. The van der Waals surface area contributed by atoms with Gasteiger partial charge in [-0.1, -0.05) is 28.9 Å². The lowest BCUT2D eigenvalue weighted by atomic mass is 9.96. The third-order valence-electron chi connectivity index (χ3n) is 6.05. The van der Waals surface area contributed by atoms with Crippen LogP contribution in [-0.4, -0.2) is 56.0 Å². The van der Waals surface area contributed by atoms with Crippen LogP contribution in [-0.2, 0) is 6.54 Å². The number of carbonyl (C=O) groups excluding carboxylic acids is 1. The Morgan fingerprint density at radius 3 is 2.82 bits per heavy atom. The highest BCUT2D eigenvalue weighted by molar-refractivity contribution is 6.30. The molecule has 4 aromatic rings. The standard InChI is InChI=1S/C24H23ClN6O3/c1-34-19-9-7-16(8-10-19)24(33)30-11-3-5-17(14-30)21-26-22-20(23(32)27-21)28-29-31(22)13-15-4-2-6-18(25)12-15/h2,4,6-10,12,17H,3,5,11,13-14H2,1H3,(H,26,27,32)/t17-/m0/s1. The molecule has 0 bridgehead atoms. The van der Waals surface area contributed by atoms with Gasteiger partial charge in [-0.2, -0.15) is 0 Å². The number of amides is 1. The fourth-order valence-corrected chi connectivity index (χ4v) is 4.51. The predicted octanol–water partition coefficient (Wildman–Crippen LogP) is 3.24. The fraction of sp³-hybridized carbons (Fsp3) is 0.292. The molecule has 0 saturated carbocycles. The molecule has 3 heterocycles. The van der Waals surface area contributed by atoms with Gasteiger partial charge < -0.3 is 14.6 Å². The zero-order valence-corrected chi connectivity index (χ0v) is 19.3. The van der Waals surface area contributed by atoms with Crippen LogP contribution in [0.4, 0.5) is 0 Å². The lowest BCUT2D eigenvalue weighted by Gasteiger charge is -2.32. The van der Waals surface area contributed by atoms with Gasteiger partial charge in [-0.05, 0) is 54.8 Å². The van der Waals surface area contributed by atoms with E-state index in [9.17, 15) is 9.59 Å². The molecule has 1 fully saturated rings.